The van der Waals surface area contributed by atoms with Gasteiger partial charge in [-0.05, 0) is 13.8 Å². The molecule has 7 heteroatoms. The Morgan fingerprint density at radius 1 is 0.895 bits per heavy atom. The molecule has 0 atom stereocenters. The highest BCUT2D eigenvalue weighted by atomic mass is 19.2. The fourth-order valence-corrected chi connectivity index (χ4v) is 1.64. The fraction of sp³-hybridized carbons (Fsp3) is 0.500. The van der Waals surface area contributed by atoms with Crippen LogP contribution in [0.2, 0.25) is 0 Å². The van der Waals surface area contributed by atoms with Gasteiger partial charge >= 0.3 is 0 Å². The monoisotopic (exact) mass is 283 g/mol. The van der Waals surface area contributed by atoms with Crippen molar-refractivity contribution in [3.63, 3.8) is 0 Å². The first-order valence-electron chi connectivity index (χ1n) is 5.66. The summed E-state index contributed by atoms with van der Waals surface area (Å²) in [4.78, 5) is 1.40. The van der Waals surface area contributed by atoms with Gasteiger partial charge in [0.2, 0.25) is 5.82 Å². The van der Waals surface area contributed by atoms with E-state index in [2.05, 4.69) is 0 Å². The summed E-state index contributed by atoms with van der Waals surface area (Å²) in [5.74, 6) is -9.75. The molecule has 1 rings (SSSR count). The summed E-state index contributed by atoms with van der Waals surface area (Å²) in [5, 5.41) is 8.82. The molecule has 0 radical (unpaired) electrons. The Morgan fingerprint density at radius 2 is 1.32 bits per heavy atom. The number of rotatable bonds is 5. The molecule has 1 aromatic carbocycles. The van der Waals surface area contributed by atoms with E-state index in [4.69, 9.17) is 5.11 Å². The van der Waals surface area contributed by atoms with Gasteiger partial charge in [-0.25, -0.2) is 22.0 Å². The number of benzene rings is 1. The predicted molar refractivity (Wildman–Crippen MR) is 58.9 cm³/mol. The molecule has 19 heavy (non-hydrogen) atoms. The standard InChI is InChI=1S/C12H14F5NO/c1-6(2)18(3-4-19)5-7-8(13)10(15)12(17)11(16)9(7)14/h6,19H,3-5H2,1-2H3. The fourth-order valence-electron chi connectivity index (χ4n) is 1.64. The summed E-state index contributed by atoms with van der Waals surface area (Å²) >= 11 is 0. The molecule has 0 heterocycles. The van der Waals surface area contributed by atoms with Crippen LogP contribution in [0.25, 0.3) is 0 Å². The predicted octanol–water partition coefficient (Wildman–Crippen LogP) is 2.58. The third-order valence-corrected chi connectivity index (χ3v) is 2.78. The molecule has 0 aliphatic rings. The maximum absolute atomic E-state index is 13.5. The van der Waals surface area contributed by atoms with Gasteiger partial charge in [-0.2, -0.15) is 0 Å². The average Bonchev–Trinajstić information content (AvgIpc) is 2.37. The van der Waals surface area contributed by atoms with Crippen LogP contribution >= 0.6 is 0 Å². The van der Waals surface area contributed by atoms with E-state index in [1.165, 1.54) is 4.90 Å². The molecule has 2 nitrogen and oxygen atoms in total. The molecule has 0 aliphatic heterocycles. The maximum Gasteiger partial charge on any atom is 0.200 e. The first kappa shape index (κ1) is 15.8. The van der Waals surface area contributed by atoms with E-state index in [0.717, 1.165) is 0 Å². The lowest BCUT2D eigenvalue weighted by atomic mass is 10.1. The molecule has 0 unspecified atom stereocenters. The Bertz CT molecular complexity index is 435. The topological polar surface area (TPSA) is 23.5 Å². The van der Waals surface area contributed by atoms with Gasteiger partial charge in [0, 0.05) is 24.7 Å². The first-order chi connectivity index (χ1) is 8.81. The first-order valence-corrected chi connectivity index (χ1v) is 5.66. The van der Waals surface area contributed by atoms with Gasteiger partial charge in [0.25, 0.3) is 0 Å². The molecule has 0 saturated carbocycles. The number of hydrogen-bond acceptors (Lipinski definition) is 2. The van der Waals surface area contributed by atoms with Gasteiger partial charge in [-0.15, -0.1) is 0 Å². The van der Waals surface area contributed by atoms with Crippen molar-refractivity contribution in [2.45, 2.75) is 26.4 Å². The van der Waals surface area contributed by atoms with E-state index in [0.29, 0.717) is 0 Å². The summed E-state index contributed by atoms with van der Waals surface area (Å²) in [6.07, 6.45) is 0. The van der Waals surface area contributed by atoms with Crippen molar-refractivity contribution in [2.75, 3.05) is 13.2 Å². The van der Waals surface area contributed by atoms with Gasteiger partial charge in [0.1, 0.15) is 0 Å². The Morgan fingerprint density at radius 3 is 1.68 bits per heavy atom. The highest BCUT2D eigenvalue weighted by Gasteiger charge is 2.27. The third kappa shape index (κ3) is 3.22. The second kappa shape index (κ2) is 6.29. The highest BCUT2D eigenvalue weighted by molar-refractivity contribution is 5.24. The van der Waals surface area contributed by atoms with Gasteiger partial charge in [0.05, 0.1) is 6.61 Å². The number of aliphatic hydroxyl groups is 1. The number of halogens is 5. The van der Waals surface area contributed by atoms with E-state index in [1.807, 2.05) is 0 Å². The number of nitrogens with zero attached hydrogens (tertiary/aromatic N) is 1. The molecule has 0 spiro atoms. The van der Waals surface area contributed by atoms with Crippen molar-refractivity contribution in [3.05, 3.63) is 34.6 Å². The smallest absolute Gasteiger partial charge is 0.200 e. The number of hydrogen-bond donors (Lipinski definition) is 1. The van der Waals surface area contributed by atoms with Crippen LogP contribution in [-0.4, -0.2) is 29.2 Å². The lowest BCUT2D eigenvalue weighted by Gasteiger charge is -2.26. The van der Waals surface area contributed by atoms with Crippen LogP contribution in [0, 0.1) is 29.1 Å². The van der Waals surface area contributed by atoms with Crippen molar-refractivity contribution >= 4 is 0 Å². The van der Waals surface area contributed by atoms with E-state index < -0.39 is 41.2 Å². The van der Waals surface area contributed by atoms with Gasteiger partial charge < -0.3 is 5.11 Å². The largest absolute Gasteiger partial charge is 0.395 e. The molecule has 0 fully saturated rings. The normalized spacial score (nSPS) is 11.7. The SMILES string of the molecule is CC(C)N(CCO)Cc1c(F)c(F)c(F)c(F)c1F. The van der Waals surface area contributed by atoms with E-state index >= 15 is 0 Å². The van der Waals surface area contributed by atoms with Gasteiger partial charge in [-0.1, -0.05) is 0 Å². The van der Waals surface area contributed by atoms with Crippen LogP contribution in [0.3, 0.4) is 0 Å². The molecule has 0 saturated heterocycles. The van der Waals surface area contributed by atoms with Crippen LogP contribution in [0.4, 0.5) is 22.0 Å². The quantitative estimate of drug-likeness (QED) is 0.510. The summed E-state index contributed by atoms with van der Waals surface area (Å²) in [6, 6.07) is -0.220. The maximum atomic E-state index is 13.5. The van der Waals surface area contributed by atoms with Gasteiger partial charge in [-0.3, -0.25) is 4.90 Å². The van der Waals surface area contributed by atoms with E-state index in [9.17, 15) is 22.0 Å². The minimum atomic E-state index is -2.17. The van der Waals surface area contributed by atoms with E-state index in [1.54, 1.807) is 13.8 Å². The zero-order chi connectivity index (χ0) is 14.7. The lowest BCUT2D eigenvalue weighted by Crippen LogP contribution is -2.34. The Labute approximate surface area is 107 Å². The molecule has 0 amide bonds. The number of aliphatic hydroxyl groups excluding tert-OH is 1. The Balaban J connectivity index is 3.20. The zero-order valence-corrected chi connectivity index (χ0v) is 10.5. The zero-order valence-electron chi connectivity index (χ0n) is 10.5. The van der Waals surface area contributed by atoms with Crippen LogP contribution in [-0.2, 0) is 6.54 Å². The lowest BCUT2D eigenvalue weighted by molar-refractivity contribution is 0.155. The molecule has 108 valence electrons. The van der Waals surface area contributed by atoms with Crippen LogP contribution < -0.4 is 0 Å². The van der Waals surface area contributed by atoms with Crippen molar-refractivity contribution in [3.8, 4) is 0 Å². The highest BCUT2D eigenvalue weighted by Crippen LogP contribution is 2.24. The minimum Gasteiger partial charge on any atom is -0.395 e. The molecule has 0 aliphatic carbocycles. The summed E-state index contributed by atoms with van der Waals surface area (Å²) in [7, 11) is 0. The second-order valence-corrected chi connectivity index (χ2v) is 4.34. The molecular formula is C12H14F5NO. The second-order valence-electron chi connectivity index (χ2n) is 4.34. The van der Waals surface area contributed by atoms with Crippen molar-refractivity contribution in [2.24, 2.45) is 0 Å². The van der Waals surface area contributed by atoms with Crippen LogP contribution in [0.5, 0.6) is 0 Å². The third-order valence-electron chi connectivity index (χ3n) is 2.78. The van der Waals surface area contributed by atoms with Crippen LogP contribution in [0.15, 0.2) is 0 Å². The summed E-state index contributed by atoms with van der Waals surface area (Å²) in [6.45, 7) is 2.68. The molecular weight excluding hydrogens is 269 g/mol. The van der Waals surface area contributed by atoms with E-state index in [-0.39, 0.29) is 19.2 Å². The Kier molecular flexibility index (Phi) is 5.25. The minimum absolute atomic E-state index is 0.0666. The van der Waals surface area contributed by atoms with Crippen LogP contribution in [0.1, 0.15) is 19.4 Å². The molecule has 0 bridgehead atoms. The molecule has 1 aromatic rings. The molecule has 1 N–H and O–H groups in total. The van der Waals surface area contributed by atoms with Crippen molar-refractivity contribution in [1.82, 2.24) is 4.90 Å². The molecule has 0 aromatic heterocycles. The average molecular weight is 283 g/mol. The van der Waals surface area contributed by atoms with Gasteiger partial charge in [0.15, 0.2) is 23.3 Å². The summed E-state index contributed by atoms with van der Waals surface area (Å²) in [5.41, 5.74) is -0.890. The van der Waals surface area contributed by atoms with Crippen molar-refractivity contribution in [1.29, 1.82) is 0 Å². The summed E-state index contributed by atoms with van der Waals surface area (Å²) < 4.78 is 65.8. The van der Waals surface area contributed by atoms with Crippen molar-refractivity contribution < 1.29 is 27.1 Å². The Hall–Kier alpha value is -1.21.